The van der Waals surface area contributed by atoms with E-state index in [1.807, 2.05) is 111 Å². The van der Waals surface area contributed by atoms with E-state index in [4.69, 9.17) is 0 Å². The fourth-order valence-electron chi connectivity index (χ4n) is 8.52. The predicted molar refractivity (Wildman–Crippen MR) is 245 cm³/mol. The lowest BCUT2D eigenvalue weighted by molar-refractivity contribution is -0.143. The van der Waals surface area contributed by atoms with Crippen molar-refractivity contribution in [3.63, 3.8) is 0 Å². The average molecular weight is 894 g/mol. The minimum atomic E-state index is -4.41. The third kappa shape index (κ3) is 10.2. The molecular weight excluding hydrogens is 844 g/mol. The molecule has 0 radical (unpaired) electrons. The second-order valence-electron chi connectivity index (χ2n) is 16.5. The maximum Gasteiger partial charge on any atom is 0.416 e. The first kappa shape index (κ1) is 45.1. The summed E-state index contributed by atoms with van der Waals surface area (Å²) in [4.78, 5) is 47.7. The number of aromatic nitrogens is 9. The van der Waals surface area contributed by atoms with Gasteiger partial charge in [0.1, 0.15) is 5.82 Å². The van der Waals surface area contributed by atoms with Crippen LogP contribution in [0.1, 0.15) is 106 Å². The van der Waals surface area contributed by atoms with E-state index in [-0.39, 0.29) is 23.3 Å². The number of rotatable bonds is 9. The highest BCUT2D eigenvalue weighted by atomic mass is 19.4. The van der Waals surface area contributed by atoms with E-state index in [9.17, 15) is 22.8 Å². The Bertz CT molecular complexity index is 2940. The van der Waals surface area contributed by atoms with Crippen molar-refractivity contribution >= 4 is 30.0 Å². The Morgan fingerprint density at radius 1 is 0.697 bits per heavy atom. The molecule has 2 unspecified atom stereocenters. The largest absolute Gasteiger partial charge is 0.416 e. The lowest BCUT2D eigenvalue weighted by Gasteiger charge is -2.32. The number of piperidine rings is 1. The minimum Gasteiger partial charge on any atom is -0.304 e. The van der Waals surface area contributed by atoms with Crippen molar-refractivity contribution in [1.29, 1.82) is 0 Å². The summed E-state index contributed by atoms with van der Waals surface area (Å²) in [5.41, 5.74) is 11.3. The summed E-state index contributed by atoms with van der Waals surface area (Å²) >= 11 is 0. The van der Waals surface area contributed by atoms with Gasteiger partial charge in [-0.3, -0.25) is 30.0 Å². The highest BCUT2D eigenvalue weighted by Crippen LogP contribution is 2.40. The van der Waals surface area contributed by atoms with Crippen LogP contribution < -0.4 is 5.43 Å². The number of amides is 2. The smallest absolute Gasteiger partial charge is 0.304 e. The van der Waals surface area contributed by atoms with E-state index in [0.717, 1.165) is 76.3 Å². The van der Waals surface area contributed by atoms with Crippen LogP contribution in [0.5, 0.6) is 0 Å². The number of aryl methyl sites for hydroxylation is 6. The molecule has 2 aliphatic heterocycles. The molecule has 7 heterocycles. The van der Waals surface area contributed by atoms with Crippen LogP contribution in [0.25, 0.3) is 29.6 Å². The molecule has 66 heavy (non-hydrogen) atoms. The van der Waals surface area contributed by atoms with Crippen LogP contribution in [0.4, 0.5) is 13.2 Å². The number of imidazole rings is 2. The van der Waals surface area contributed by atoms with Crippen molar-refractivity contribution in [3.05, 3.63) is 172 Å². The highest BCUT2D eigenvalue weighted by Gasteiger charge is 2.37. The van der Waals surface area contributed by atoms with Gasteiger partial charge in [-0.05, 0) is 126 Å². The molecule has 1 saturated heterocycles. The number of pyridine rings is 2. The number of halogens is 3. The van der Waals surface area contributed by atoms with Crippen LogP contribution in [0.2, 0.25) is 0 Å². The molecule has 2 amide bonds. The summed E-state index contributed by atoms with van der Waals surface area (Å²) in [7, 11) is 0. The molecule has 9 rings (SSSR count). The quantitative estimate of drug-likeness (QED) is 0.142. The number of benzene rings is 2. The molecule has 0 bridgehead atoms. The first-order valence-electron chi connectivity index (χ1n) is 21.8. The van der Waals surface area contributed by atoms with Gasteiger partial charge in [-0.25, -0.2) is 19.6 Å². The average Bonchev–Trinajstić information content (AvgIpc) is 4.05. The third-order valence-corrected chi connectivity index (χ3v) is 11.7. The summed E-state index contributed by atoms with van der Waals surface area (Å²) in [5.74, 6) is -0.0612. The van der Waals surface area contributed by atoms with E-state index in [1.54, 1.807) is 41.6 Å². The van der Waals surface area contributed by atoms with Gasteiger partial charge < -0.3 is 9.13 Å². The molecular formula is C50H50F3N11O2. The molecule has 2 aliphatic rings. The monoisotopic (exact) mass is 893 g/mol. The number of nitrogens with one attached hydrogen (secondary N) is 1. The fraction of sp³-hybridized carbons (Fsp3) is 0.280. The highest BCUT2D eigenvalue weighted by molar-refractivity contribution is 5.94. The molecule has 0 saturated carbocycles. The van der Waals surface area contributed by atoms with Crippen molar-refractivity contribution in [2.45, 2.75) is 84.9 Å². The van der Waals surface area contributed by atoms with Crippen LogP contribution in [-0.4, -0.2) is 67.2 Å². The predicted octanol–water partition coefficient (Wildman–Crippen LogP) is 9.23. The van der Waals surface area contributed by atoms with Gasteiger partial charge in [-0.15, -0.1) is 0 Å². The lowest BCUT2D eigenvalue weighted by Crippen LogP contribution is -2.50. The number of carbonyl (C=O) groups is 2. The first-order chi connectivity index (χ1) is 31.7. The van der Waals surface area contributed by atoms with Gasteiger partial charge in [0.2, 0.25) is 5.91 Å². The van der Waals surface area contributed by atoms with E-state index >= 15 is 0 Å². The molecule has 7 aromatic rings. The Balaban J connectivity index is 0.000000180. The van der Waals surface area contributed by atoms with E-state index in [1.165, 1.54) is 17.2 Å². The second-order valence-corrected chi connectivity index (χ2v) is 16.5. The second kappa shape index (κ2) is 19.3. The SMILES string of the molecule is Cc1cn(-c2ccc(/C=C/C(=O)NN3CCCC(c4ccccc4C)C3=O)nc2C)cn1.Cc1cn(-c2ccc(/C=C/c3nc4n(n3)CCCC4c3ccccc3C(F)(F)F)nc2C)cn1. The van der Waals surface area contributed by atoms with Crippen LogP contribution in [0.15, 0.2) is 104 Å². The molecule has 5 aromatic heterocycles. The van der Waals surface area contributed by atoms with Crippen molar-refractivity contribution < 1.29 is 22.8 Å². The van der Waals surface area contributed by atoms with Gasteiger partial charge in [0, 0.05) is 37.5 Å². The van der Waals surface area contributed by atoms with Gasteiger partial charge >= 0.3 is 6.18 Å². The van der Waals surface area contributed by atoms with Gasteiger partial charge in [0.05, 0.1) is 69.7 Å². The van der Waals surface area contributed by atoms with Gasteiger partial charge in [-0.1, -0.05) is 42.5 Å². The Labute approximate surface area is 380 Å². The van der Waals surface area contributed by atoms with Crippen LogP contribution in [-0.2, 0) is 22.3 Å². The standard InChI is InChI=1S/C25H23F3N6.C25H27N5O2/c1-16-14-33(15-29-16)22-11-9-18(30-17(22)2)10-12-23-31-24-20(7-5-13-34(24)32-23)19-6-3-4-8-21(19)25(26,27)28;1-17-7-4-5-8-21(17)22-9-6-14-30(25(22)32)28-24(31)13-11-20-10-12-23(19(3)27-20)29-15-18(2)26-16-29/h3-4,6,8-12,14-15,20H,5,7,13H2,1-2H3;4-5,7-8,10-13,15-16,22H,6,9,14H2,1-3H3,(H,28,31)/b12-10+;13-11+. The summed E-state index contributed by atoms with van der Waals surface area (Å²) < 4.78 is 46.4. The summed E-state index contributed by atoms with van der Waals surface area (Å²) in [5, 5.41) is 5.96. The van der Waals surface area contributed by atoms with Crippen molar-refractivity contribution in [2.75, 3.05) is 6.54 Å². The normalized spacial score (nSPS) is 16.4. The Morgan fingerprint density at radius 2 is 1.29 bits per heavy atom. The number of fused-ring (bicyclic) bond motifs is 1. The number of nitrogens with zero attached hydrogens (tertiary/aromatic N) is 10. The summed E-state index contributed by atoms with van der Waals surface area (Å²) in [6.45, 7) is 10.9. The molecule has 2 aromatic carbocycles. The van der Waals surface area contributed by atoms with Gasteiger partial charge in [0.15, 0.2) is 5.82 Å². The third-order valence-electron chi connectivity index (χ3n) is 11.7. The zero-order chi connectivity index (χ0) is 46.5. The topological polar surface area (TPSA) is 142 Å². The number of hydrazine groups is 1. The minimum absolute atomic E-state index is 0.0683. The Morgan fingerprint density at radius 3 is 1.89 bits per heavy atom. The van der Waals surface area contributed by atoms with Gasteiger partial charge in [0.25, 0.3) is 5.91 Å². The zero-order valence-corrected chi connectivity index (χ0v) is 37.4. The van der Waals surface area contributed by atoms with E-state index < -0.39 is 17.7 Å². The Kier molecular flexibility index (Phi) is 13.2. The molecule has 2 atom stereocenters. The summed E-state index contributed by atoms with van der Waals surface area (Å²) in [6.07, 6.45) is 12.6. The van der Waals surface area contributed by atoms with Gasteiger partial charge in [-0.2, -0.15) is 18.3 Å². The molecule has 0 aliphatic carbocycles. The zero-order valence-electron chi connectivity index (χ0n) is 37.4. The molecule has 0 spiro atoms. The summed E-state index contributed by atoms with van der Waals surface area (Å²) in [6, 6.07) is 21.3. The van der Waals surface area contributed by atoms with Crippen LogP contribution in [0.3, 0.4) is 0 Å². The molecule has 338 valence electrons. The number of alkyl halides is 3. The van der Waals surface area contributed by atoms with Crippen molar-refractivity contribution in [2.24, 2.45) is 0 Å². The molecule has 13 nitrogen and oxygen atoms in total. The molecule has 1 fully saturated rings. The van der Waals surface area contributed by atoms with Crippen LogP contribution >= 0.6 is 0 Å². The maximum absolute atomic E-state index is 13.6. The number of carbonyl (C=O) groups excluding carboxylic acids is 2. The lowest BCUT2D eigenvalue weighted by atomic mass is 9.88. The van der Waals surface area contributed by atoms with Crippen molar-refractivity contribution in [1.82, 2.24) is 54.3 Å². The number of hydrogen-bond donors (Lipinski definition) is 1. The Hall–Kier alpha value is -7.49. The number of hydrogen-bond acceptors (Lipinski definition) is 8. The van der Waals surface area contributed by atoms with Crippen molar-refractivity contribution in [3.8, 4) is 11.4 Å². The van der Waals surface area contributed by atoms with Crippen LogP contribution in [0, 0.1) is 34.6 Å². The van der Waals surface area contributed by atoms with E-state index in [2.05, 4.69) is 35.4 Å². The molecule has 1 N–H and O–H groups in total. The first-order valence-corrected chi connectivity index (χ1v) is 21.8. The fourth-order valence-corrected chi connectivity index (χ4v) is 8.52. The molecule has 16 heteroatoms. The van der Waals surface area contributed by atoms with E-state index in [0.29, 0.717) is 36.9 Å². The maximum atomic E-state index is 13.6.